The Morgan fingerprint density at radius 1 is 1.28 bits per heavy atom. The lowest BCUT2D eigenvalue weighted by Gasteiger charge is -2.33. The zero-order chi connectivity index (χ0) is 17.6. The Balaban J connectivity index is 1.66. The summed E-state index contributed by atoms with van der Waals surface area (Å²) in [6.07, 6.45) is 2.39. The molecule has 2 aromatic heterocycles. The lowest BCUT2D eigenvalue weighted by molar-refractivity contribution is 0.0652. The van der Waals surface area contributed by atoms with Gasteiger partial charge in [0.05, 0.1) is 18.4 Å². The Hall–Kier alpha value is -2.96. The van der Waals surface area contributed by atoms with Crippen LogP contribution >= 0.6 is 0 Å². The number of nitrogens with zero attached hydrogens (tertiary/aromatic N) is 5. The third kappa shape index (κ3) is 2.52. The summed E-state index contributed by atoms with van der Waals surface area (Å²) in [6.45, 7) is 6.56. The predicted octanol–water partition coefficient (Wildman–Crippen LogP) is 2.19. The molecular weight excluding hydrogens is 316 g/mol. The maximum Gasteiger partial charge on any atom is 0.254 e. The first-order valence-corrected chi connectivity index (χ1v) is 8.36. The van der Waals surface area contributed by atoms with E-state index in [4.69, 9.17) is 0 Å². The van der Waals surface area contributed by atoms with Crippen LogP contribution in [0.5, 0.6) is 0 Å². The van der Waals surface area contributed by atoms with E-state index in [0.29, 0.717) is 13.0 Å². The van der Waals surface area contributed by atoms with Crippen molar-refractivity contribution in [3.8, 4) is 5.82 Å². The predicted molar refractivity (Wildman–Crippen MR) is 92.5 cm³/mol. The summed E-state index contributed by atoms with van der Waals surface area (Å²) in [5.74, 6) is 0.839. The molecule has 1 atom stereocenters. The standard InChI is InChI=1S/C18H20N6O/c1-11-5-4-6-14(13(11)3)18(25)23-10-15-16(9-12(23)2)24(22-20-15)17-7-8-19-21-17/h4-8,12H,9-10H2,1-3H3,(H,19,21)/t12-/m1/s1. The molecule has 0 aliphatic carbocycles. The minimum Gasteiger partial charge on any atom is -0.329 e. The number of H-pyrrole nitrogens is 1. The molecular formula is C18H20N6O. The second kappa shape index (κ2) is 5.84. The molecule has 0 radical (unpaired) electrons. The fourth-order valence-electron chi connectivity index (χ4n) is 3.34. The number of aromatic amines is 1. The van der Waals surface area contributed by atoms with Crippen molar-refractivity contribution < 1.29 is 4.79 Å². The van der Waals surface area contributed by atoms with Crippen molar-refractivity contribution in [1.82, 2.24) is 30.1 Å². The van der Waals surface area contributed by atoms with Gasteiger partial charge >= 0.3 is 0 Å². The number of benzene rings is 1. The van der Waals surface area contributed by atoms with E-state index in [0.717, 1.165) is 33.9 Å². The second-order valence-electron chi connectivity index (χ2n) is 6.57. The van der Waals surface area contributed by atoms with E-state index in [9.17, 15) is 4.79 Å². The zero-order valence-electron chi connectivity index (χ0n) is 14.5. The quantitative estimate of drug-likeness (QED) is 0.778. The summed E-state index contributed by atoms with van der Waals surface area (Å²) in [7, 11) is 0. The van der Waals surface area contributed by atoms with Gasteiger partial charge in [0.2, 0.25) is 0 Å². The third-order valence-corrected chi connectivity index (χ3v) is 4.99. The largest absolute Gasteiger partial charge is 0.329 e. The van der Waals surface area contributed by atoms with E-state index in [-0.39, 0.29) is 11.9 Å². The monoisotopic (exact) mass is 336 g/mol. The lowest BCUT2D eigenvalue weighted by Crippen LogP contribution is -2.43. The first-order valence-electron chi connectivity index (χ1n) is 8.36. The number of hydrogen-bond acceptors (Lipinski definition) is 4. The van der Waals surface area contributed by atoms with E-state index < -0.39 is 0 Å². The van der Waals surface area contributed by atoms with Gasteiger partial charge in [0.25, 0.3) is 5.91 Å². The second-order valence-corrected chi connectivity index (χ2v) is 6.57. The fourth-order valence-corrected chi connectivity index (χ4v) is 3.34. The van der Waals surface area contributed by atoms with Gasteiger partial charge in [-0.2, -0.15) is 9.78 Å². The Labute approximate surface area is 145 Å². The maximum absolute atomic E-state index is 13.1. The van der Waals surface area contributed by atoms with Gasteiger partial charge in [-0.3, -0.25) is 9.89 Å². The highest BCUT2D eigenvalue weighted by Gasteiger charge is 2.32. The van der Waals surface area contributed by atoms with E-state index in [1.165, 1.54) is 0 Å². The Kier molecular flexibility index (Phi) is 3.63. The maximum atomic E-state index is 13.1. The van der Waals surface area contributed by atoms with Crippen molar-refractivity contribution in [2.75, 3.05) is 0 Å². The summed E-state index contributed by atoms with van der Waals surface area (Å²) in [5, 5.41) is 15.4. The number of fused-ring (bicyclic) bond motifs is 1. The normalized spacial score (nSPS) is 16.8. The van der Waals surface area contributed by atoms with Crippen LogP contribution in [0.25, 0.3) is 5.82 Å². The molecule has 25 heavy (non-hydrogen) atoms. The number of carbonyl (C=O) groups excluding carboxylic acids is 1. The minimum absolute atomic E-state index is 0.0513. The van der Waals surface area contributed by atoms with Crippen LogP contribution in [0.15, 0.2) is 30.5 Å². The summed E-state index contributed by atoms with van der Waals surface area (Å²) in [4.78, 5) is 15.0. The highest BCUT2D eigenvalue weighted by molar-refractivity contribution is 5.96. The zero-order valence-corrected chi connectivity index (χ0v) is 14.5. The molecule has 0 spiro atoms. The molecule has 128 valence electrons. The fraction of sp³-hybridized carbons (Fsp3) is 0.333. The smallest absolute Gasteiger partial charge is 0.254 e. The number of amides is 1. The van der Waals surface area contributed by atoms with E-state index >= 15 is 0 Å². The molecule has 7 heteroatoms. The van der Waals surface area contributed by atoms with Crippen molar-refractivity contribution in [1.29, 1.82) is 0 Å². The number of nitrogens with one attached hydrogen (secondary N) is 1. The topological polar surface area (TPSA) is 79.7 Å². The van der Waals surface area contributed by atoms with Gasteiger partial charge in [0.1, 0.15) is 5.69 Å². The highest BCUT2D eigenvalue weighted by Crippen LogP contribution is 2.26. The highest BCUT2D eigenvalue weighted by atomic mass is 16.2. The molecule has 0 saturated heterocycles. The van der Waals surface area contributed by atoms with Crippen LogP contribution in [-0.2, 0) is 13.0 Å². The van der Waals surface area contributed by atoms with Gasteiger partial charge in [-0.15, -0.1) is 5.10 Å². The van der Waals surface area contributed by atoms with Crippen LogP contribution in [0.2, 0.25) is 0 Å². The van der Waals surface area contributed by atoms with E-state index in [2.05, 4.69) is 27.4 Å². The molecule has 4 rings (SSSR count). The average molecular weight is 336 g/mol. The molecule has 1 aliphatic heterocycles. The number of hydrogen-bond donors (Lipinski definition) is 1. The van der Waals surface area contributed by atoms with E-state index in [1.54, 1.807) is 10.9 Å². The lowest BCUT2D eigenvalue weighted by atomic mass is 9.98. The van der Waals surface area contributed by atoms with Crippen LogP contribution in [0.3, 0.4) is 0 Å². The van der Waals surface area contributed by atoms with Crippen molar-refractivity contribution >= 4 is 5.91 Å². The Morgan fingerprint density at radius 2 is 2.12 bits per heavy atom. The number of aromatic nitrogens is 5. The average Bonchev–Trinajstić information content (AvgIpc) is 3.25. The first kappa shape index (κ1) is 15.6. The van der Waals surface area contributed by atoms with Crippen molar-refractivity contribution in [3.63, 3.8) is 0 Å². The van der Waals surface area contributed by atoms with Crippen LogP contribution < -0.4 is 0 Å². The molecule has 0 unspecified atom stereocenters. The molecule has 1 aliphatic rings. The number of aryl methyl sites for hydroxylation is 1. The molecule has 1 N–H and O–H groups in total. The molecule has 3 aromatic rings. The summed E-state index contributed by atoms with van der Waals surface area (Å²) < 4.78 is 1.78. The SMILES string of the molecule is Cc1cccc(C(=O)N2Cc3nnn(-c4ccn[nH]4)c3C[C@H]2C)c1C. The Bertz CT molecular complexity index is 927. The van der Waals surface area contributed by atoms with Gasteiger partial charge in [0, 0.05) is 24.1 Å². The molecule has 1 aromatic carbocycles. The van der Waals surface area contributed by atoms with Crippen LogP contribution in [0, 0.1) is 13.8 Å². The first-order chi connectivity index (χ1) is 12.1. The van der Waals surface area contributed by atoms with Crippen molar-refractivity contribution in [3.05, 3.63) is 58.5 Å². The van der Waals surface area contributed by atoms with Crippen LogP contribution in [0.4, 0.5) is 0 Å². The van der Waals surface area contributed by atoms with Gasteiger partial charge < -0.3 is 4.90 Å². The van der Waals surface area contributed by atoms with E-state index in [1.807, 2.05) is 43.0 Å². The Morgan fingerprint density at radius 3 is 2.88 bits per heavy atom. The van der Waals surface area contributed by atoms with Crippen LogP contribution in [0.1, 0.15) is 39.8 Å². The van der Waals surface area contributed by atoms with Crippen LogP contribution in [-0.4, -0.2) is 42.0 Å². The molecule has 7 nitrogen and oxygen atoms in total. The molecule has 3 heterocycles. The number of carbonyl (C=O) groups is 1. The van der Waals surface area contributed by atoms with Crippen molar-refractivity contribution in [2.45, 2.75) is 39.8 Å². The van der Waals surface area contributed by atoms with Gasteiger partial charge in [-0.25, -0.2) is 0 Å². The molecule has 0 bridgehead atoms. The molecule has 0 fully saturated rings. The summed E-state index contributed by atoms with van der Waals surface area (Å²) in [5.41, 5.74) is 4.79. The van der Waals surface area contributed by atoms with Crippen molar-refractivity contribution in [2.24, 2.45) is 0 Å². The summed E-state index contributed by atoms with van der Waals surface area (Å²) >= 11 is 0. The molecule has 0 saturated carbocycles. The molecule has 1 amide bonds. The van der Waals surface area contributed by atoms with Gasteiger partial charge in [0.15, 0.2) is 5.82 Å². The third-order valence-electron chi connectivity index (χ3n) is 4.99. The van der Waals surface area contributed by atoms with Gasteiger partial charge in [-0.1, -0.05) is 17.3 Å². The number of rotatable bonds is 2. The van der Waals surface area contributed by atoms with Gasteiger partial charge in [-0.05, 0) is 38.0 Å². The summed E-state index contributed by atoms with van der Waals surface area (Å²) in [6, 6.07) is 7.78. The minimum atomic E-state index is 0.0513.